The molecular formula is C23H20N6O. The minimum Gasteiger partial charge on any atom is -0.318 e. The molecule has 30 heavy (non-hydrogen) atoms. The van der Waals surface area contributed by atoms with Crippen molar-refractivity contribution in [2.75, 3.05) is 16.1 Å². The van der Waals surface area contributed by atoms with Crippen LogP contribution < -0.4 is 27.2 Å². The van der Waals surface area contributed by atoms with Gasteiger partial charge in [-0.15, -0.1) is 0 Å². The predicted molar refractivity (Wildman–Crippen MR) is 120 cm³/mol. The summed E-state index contributed by atoms with van der Waals surface area (Å²) < 4.78 is 0. The summed E-state index contributed by atoms with van der Waals surface area (Å²) in [6, 6.07) is 20.9. The number of fused-ring (bicyclic) bond motifs is 2. The Kier molecular flexibility index (Phi) is 4.51. The summed E-state index contributed by atoms with van der Waals surface area (Å²) >= 11 is 0. The third kappa shape index (κ3) is 3.22. The lowest BCUT2D eigenvalue weighted by Crippen LogP contribution is -2.25. The van der Waals surface area contributed by atoms with Crippen LogP contribution in [0.4, 0.5) is 21.9 Å². The Morgan fingerprint density at radius 3 is 2.47 bits per heavy atom. The lowest BCUT2D eigenvalue weighted by molar-refractivity contribution is 0.262. The number of anilines is 3. The molecule has 6 N–H and O–H groups in total. The van der Waals surface area contributed by atoms with Gasteiger partial charge in [0, 0.05) is 28.4 Å². The lowest BCUT2D eigenvalue weighted by Gasteiger charge is -2.15. The number of hydrogen-bond acceptors (Lipinski definition) is 5. The van der Waals surface area contributed by atoms with Crippen LogP contribution in [0.25, 0.3) is 21.9 Å². The van der Waals surface area contributed by atoms with Crippen molar-refractivity contribution >= 4 is 33.9 Å². The van der Waals surface area contributed by atoms with Crippen LogP contribution in [0.15, 0.2) is 79.1 Å². The summed E-state index contributed by atoms with van der Waals surface area (Å²) in [5.74, 6) is 0. The van der Waals surface area contributed by atoms with Gasteiger partial charge in [-0.25, -0.2) is 10.2 Å². The molecule has 2 amide bonds. The van der Waals surface area contributed by atoms with E-state index in [2.05, 4.69) is 26.5 Å². The summed E-state index contributed by atoms with van der Waals surface area (Å²) in [7, 11) is 0. The molecule has 1 atom stereocenters. The highest BCUT2D eigenvalue weighted by Crippen LogP contribution is 2.39. The van der Waals surface area contributed by atoms with Gasteiger partial charge in [0.15, 0.2) is 0 Å². The molecule has 0 spiro atoms. The van der Waals surface area contributed by atoms with Crippen molar-refractivity contribution in [3.05, 3.63) is 84.7 Å². The molecule has 0 radical (unpaired) electrons. The van der Waals surface area contributed by atoms with E-state index in [0.717, 1.165) is 44.5 Å². The zero-order valence-corrected chi connectivity index (χ0v) is 16.0. The fourth-order valence-electron chi connectivity index (χ4n) is 3.80. The minimum absolute atomic E-state index is 0.295. The number of hydrazine groups is 1. The molecule has 5 rings (SSSR count). The highest BCUT2D eigenvalue weighted by atomic mass is 16.2. The topological polar surface area (TPSA) is 104 Å². The maximum atomic E-state index is 12.5. The Hall–Kier alpha value is -3.94. The van der Waals surface area contributed by atoms with Gasteiger partial charge in [0.25, 0.3) is 0 Å². The Morgan fingerprint density at radius 2 is 1.63 bits per heavy atom. The van der Waals surface area contributed by atoms with E-state index in [-0.39, 0.29) is 12.2 Å². The Labute approximate surface area is 173 Å². The maximum Gasteiger partial charge on any atom is 0.323 e. The molecule has 2 heterocycles. The predicted octanol–water partition coefficient (Wildman–Crippen LogP) is 4.43. The Balaban J connectivity index is 1.54. The smallest absolute Gasteiger partial charge is 0.318 e. The van der Waals surface area contributed by atoms with Crippen LogP contribution in [0, 0.1) is 0 Å². The summed E-state index contributed by atoms with van der Waals surface area (Å²) in [4.78, 5) is 16.9. The first kappa shape index (κ1) is 18.1. The van der Waals surface area contributed by atoms with Gasteiger partial charge < -0.3 is 21.8 Å². The maximum absolute atomic E-state index is 12.5. The molecule has 1 aliphatic heterocycles. The highest BCUT2D eigenvalue weighted by Gasteiger charge is 2.24. The Bertz CT molecular complexity index is 1240. The van der Waals surface area contributed by atoms with Crippen LogP contribution in [-0.4, -0.2) is 11.0 Å². The second-order valence-electron chi connectivity index (χ2n) is 7.05. The van der Waals surface area contributed by atoms with Gasteiger partial charge in [-0.2, -0.15) is 0 Å². The number of carbonyl (C=O) groups excluding carboxylic acids is 1. The molecule has 1 aromatic heterocycles. The van der Waals surface area contributed by atoms with Gasteiger partial charge in [0.1, 0.15) is 6.17 Å². The first-order valence-corrected chi connectivity index (χ1v) is 9.61. The molecule has 0 saturated carbocycles. The number of rotatable bonds is 3. The van der Waals surface area contributed by atoms with Crippen molar-refractivity contribution in [3.63, 3.8) is 0 Å². The summed E-state index contributed by atoms with van der Waals surface area (Å²) in [5, 5.41) is 7.74. The average Bonchev–Trinajstić information content (AvgIpc) is 3.16. The monoisotopic (exact) mass is 396 g/mol. The van der Waals surface area contributed by atoms with E-state index in [1.807, 2.05) is 72.9 Å². The normalized spacial score (nSPS) is 14.8. The molecule has 0 aliphatic carbocycles. The molecule has 0 fully saturated rings. The van der Waals surface area contributed by atoms with E-state index in [1.165, 1.54) is 0 Å². The van der Waals surface area contributed by atoms with Gasteiger partial charge in [-0.1, -0.05) is 48.5 Å². The quantitative estimate of drug-likeness (QED) is 0.352. The molecule has 1 aliphatic rings. The van der Waals surface area contributed by atoms with E-state index in [0.29, 0.717) is 0 Å². The van der Waals surface area contributed by atoms with Gasteiger partial charge in [-0.05, 0) is 29.1 Å². The molecule has 148 valence electrons. The number of aromatic nitrogens is 1. The van der Waals surface area contributed by atoms with Crippen molar-refractivity contribution in [1.29, 1.82) is 0 Å². The number of hydrogen-bond donors (Lipinski definition) is 5. The number of nitrogens with one attached hydrogen (secondary N) is 4. The second-order valence-corrected chi connectivity index (χ2v) is 7.05. The second kappa shape index (κ2) is 7.47. The van der Waals surface area contributed by atoms with E-state index in [4.69, 9.17) is 5.73 Å². The van der Waals surface area contributed by atoms with Crippen LogP contribution >= 0.6 is 0 Å². The molecular weight excluding hydrogens is 376 g/mol. The van der Waals surface area contributed by atoms with E-state index in [1.54, 1.807) is 6.20 Å². The number of nitrogens with zero attached hydrogens (tertiary/aromatic N) is 1. The van der Waals surface area contributed by atoms with Crippen LogP contribution in [0.5, 0.6) is 0 Å². The van der Waals surface area contributed by atoms with Gasteiger partial charge in [0.05, 0.1) is 17.6 Å². The molecule has 7 heteroatoms. The third-order valence-electron chi connectivity index (χ3n) is 5.16. The SMILES string of the molecule is NC1NNc2cncc(-c3ccc(NC(=O)Nc4ccccc4)c4ccccc34)c21. The van der Waals surface area contributed by atoms with Crippen LogP contribution in [-0.2, 0) is 0 Å². The number of pyridine rings is 1. The van der Waals surface area contributed by atoms with Crippen LogP contribution in [0.1, 0.15) is 11.7 Å². The van der Waals surface area contributed by atoms with Crippen LogP contribution in [0.2, 0.25) is 0 Å². The molecule has 0 bridgehead atoms. The van der Waals surface area contributed by atoms with Crippen molar-refractivity contribution in [2.45, 2.75) is 6.17 Å². The average molecular weight is 396 g/mol. The highest BCUT2D eigenvalue weighted by molar-refractivity contribution is 6.10. The van der Waals surface area contributed by atoms with E-state index in [9.17, 15) is 4.79 Å². The van der Waals surface area contributed by atoms with E-state index < -0.39 is 0 Å². The van der Waals surface area contributed by atoms with Crippen LogP contribution in [0.3, 0.4) is 0 Å². The first-order valence-electron chi connectivity index (χ1n) is 9.61. The molecule has 0 saturated heterocycles. The van der Waals surface area contributed by atoms with Gasteiger partial charge in [0.2, 0.25) is 0 Å². The lowest BCUT2D eigenvalue weighted by atomic mass is 9.94. The van der Waals surface area contributed by atoms with Crippen molar-refractivity contribution < 1.29 is 4.79 Å². The fraction of sp³-hybridized carbons (Fsp3) is 0.0435. The molecule has 3 aromatic carbocycles. The summed E-state index contributed by atoms with van der Waals surface area (Å²) in [6.07, 6.45) is 3.25. The number of carbonyl (C=O) groups is 1. The van der Waals surface area contributed by atoms with Crippen molar-refractivity contribution in [1.82, 2.24) is 10.4 Å². The third-order valence-corrected chi connectivity index (χ3v) is 5.16. The zero-order chi connectivity index (χ0) is 20.5. The van der Waals surface area contributed by atoms with Crippen molar-refractivity contribution in [3.8, 4) is 11.1 Å². The first-order chi connectivity index (χ1) is 14.7. The summed E-state index contributed by atoms with van der Waals surface area (Å²) in [5.41, 5.74) is 17.6. The van der Waals surface area contributed by atoms with Crippen molar-refractivity contribution in [2.24, 2.45) is 5.73 Å². The number of para-hydroxylation sites is 1. The number of benzene rings is 3. The molecule has 7 nitrogen and oxygen atoms in total. The fourth-order valence-corrected chi connectivity index (χ4v) is 3.80. The van der Waals surface area contributed by atoms with Gasteiger partial charge >= 0.3 is 6.03 Å². The zero-order valence-electron chi connectivity index (χ0n) is 16.0. The number of amides is 2. The number of nitrogens with two attached hydrogens (primary N) is 1. The van der Waals surface area contributed by atoms with Gasteiger partial charge in [-0.3, -0.25) is 4.98 Å². The molecule has 4 aromatic rings. The Morgan fingerprint density at radius 1 is 0.867 bits per heavy atom. The number of urea groups is 1. The minimum atomic E-state index is -0.328. The van der Waals surface area contributed by atoms with E-state index >= 15 is 0 Å². The summed E-state index contributed by atoms with van der Waals surface area (Å²) in [6.45, 7) is 0. The standard InChI is InChI=1S/C23H20N6O/c24-22-21-18(12-25-13-20(21)28-29-22)16-10-11-19(17-9-5-4-8-15(16)17)27-23(30)26-14-6-2-1-3-7-14/h1-13,22,28-29H,24H2,(H2,26,27,30). The largest absolute Gasteiger partial charge is 0.323 e. The molecule has 1 unspecified atom stereocenters.